The first kappa shape index (κ1) is 15.6. The highest BCUT2D eigenvalue weighted by atomic mass is 32.1. The lowest BCUT2D eigenvalue weighted by atomic mass is 10.2. The molecule has 0 aliphatic carbocycles. The molecule has 0 N–H and O–H groups in total. The van der Waals surface area contributed by atoms with Crippen LogP contribution in [0.2, 0.25) is 0 Å². The van der Waals surface area contributed by atoms with Crippen LogP contribution in [0.1, 0.15) is 29.2 Å². The smallest absolute Gasteiger partial charge is 0.350 e. The number of rotatable bonds is 4. The van der Waals surface area contributed by atoms with Gasteiger partial charge in [-0.25, -0.2) is 9.78 Å². The van der Waals surface area contributed by atoms with Crippen LogP contribution in [0.25, 0.3) is 16.2 Å². The van der Waals surface area contributed by atoms with Gasteiger partial charge in [0, 0.05) is 17.5 Å². The van der Waals surface area contributed by atoms with E-state index in [4.69, 9.17) is 9.47 Å². The molecule has 0 saturated carbocycles. The number of carbonyl (C=O) groups excluding carboxylic acids is 1. The molecule has 0 amide bonds. The number of thiazole rings is 1. The van der Waals surface area contributed by atoms with Crippen molar-refractivity contribution < 1.29 is 14.3 Å². The first-order valence-electron chi connectivity index (χ1n) is 7.33. The van der Waals surface area contributed by atoms with Gasteiger partial charge in [-0.15, -0.1) is 0 Å². The van der Waals surface area contributed by atoms with Crippen molar-refractivity contribution in [2.45, 2.75) is 26.9 Å². The highest BCUT2D eigenvalue weighted by molar-refractivity contribution is 7.19. The Hall–Kier alpha value is -2.34. The molecule has 2 heterocycles. The zero-order valence-corrected chi connectivity index (χ0v) is 14.3. The molecule has 1 aromatic carbocycles. The lowest BCUT2D eigenvalue weighted by Crippen LogP contribution is -2.11. The summed E-state index contributed by atoms with van der Waals surface area (Å²) in [5.74, 6) is 0.517. The van der Waals surface area contributed by atoms with E-state index in [9.17, 15) is 4.79 Å². The molecular weight excluding hydrogens is 312 g/mol. The van der Waals surface area contributed by atoms with E-state index in [1.54, 1.807) is 7.11 Å². The van der Waals surface area contributed by atoms with Crippen molar-refractivity contribution in [3.8, 4) is 17.0 Å². The van der Waals surface area contributed by atoms with E-state index in [-0.39, 0.29) is 12.1 Å². The van der Waals surface area contributed by atoms with Gasteiger partial charge in [0.1, 0.15) is 10.6 Å². The molecule has 0 unspecified atom stereocenters. The molecule has 6 heteroatoms. The number of ether oxygens (including phenoxy) is 2. The summed E-state index contributed by atoms with van der Waals surface area (Å²) in [7, 11) is 1.64. The number of aryl methyl sites for hydroxylation is 1. The lowest BCUT2D eigenvalue weighted by molar-refractivity contribution is 0.0382. The Balaban J connectivity index is 1.95. The van der Waals surface area contributed by atoms with Gasteiger partial charge in [-0.1, -0.05) is 11.3 Å². The maximum absolute atomic E-state index is 12.1. The predicted molar refractivity (Wildman–Crippen MR) is 90.3 cm³/mol. The Bertz CT molecular complexity index is 847. The number of hydrogen-bond donors (Lipinski definition) is 0. The molecule has 0 atom stereocenters. The summed E-state index contributed by atoms with van der Waals surface area (Å²) in [6.45, 7) is 5.58. The maximum Gasteiger partial charge on any atom is 0.350 e. The minimum absolute atomic E-state index is 0.133. The molecule has 0 fully saturated rings. The zero-order valence-electron chi connectivity index (χ0n) is 13.5. The molecule has 3 rings (SSSR count). The van der Waals surface area contributed by atoms with Gasteiger partial charge in [-0.3, -0.25) is 4.40 Å². The Labute approximate surface area is 138 Å². The van der Waals surface area contributed by atoms with Crippen LogP contribution in [0.3, 0.4) is 0 Å². The number of carbonyl (C=O) groups is 1. The van der Waals surface area contributed by atoms with Gasteiger partial charge < -0.3 is 9.47 Å². The van der Waals surface area contributed by atoms with Crippen LogP contribution in [-0.2, 0) is 4.74 Å². The highest BCUT2D eigenvalue weighted by Gasteiger charge is 2.20. The van der Waals surface area contributed by atoms with Gasteiger partial charge in [-0.05, 0) is 45.0 Å². The number of nitrogens with zero attached hydrogens (tertiary/aromatic N) is 2. The van der Waals surface area contributed by atoms with Gasteiger partial charge in [-0.2, -0.15) is 0 Å². The molecule has 0 aliphatic heterocycles. The van der Waals surface area contributed by atoms with Gasteiger partial charge in [0.15, 0.2) is 4.96 Å². The van der Waals surface area contributed by atoms with Gasteiger partial charge >= 0.3 is 5.97 Å². The number of methoxy groups -OCH3 is 1. The SMILES string of the molecule is COc1ccc(-c2cn3c(C)c(C(=O)OC(C)C)sc3n2)cc1. The van der Waals surface area contributed by atoms with E-state index in [1.807, 2.05) is 55.6 Å². The summed E-state index contributed by atoms with van der Waals surface area (Å²) in [5.41, 5.74) is 2.72. The quantitative estimate of drug-likeness (QED) is 0.680. The third kappa shape index (κ3) is 2.94. The average molecular weight is 330 g/mol. The van der Waals surface area contributed by atoms with E-state index in [0.717, 1.165) is 27.7 Å². The molecule has 0 aliphatic rings. The second kappa shape index (κ2) is 6.04. The van der Waals surface area contributed by atoms with Crippen LogP contribution < -0.4 is 4.74 Å². The van der Waals surface area contributed by atoms with Gasteiger partial charge in [0.25, 0.3) is 0 Å². The van der Waals surface area contributed by atoms with E-state index in [0.29, 0.717) is 4.88 Å². The van der Waals surface area contributed by atoms with Crippen molar-refractivity contribution in [1.82, 2.24) is 9.38 Å². The van der Waals surface area contributed by atoms with E-state index in [2.05, 4.69) is 4.98 Å². The lowest BCUT2D eigenvalue weighted by Gasteiger charge is -2.06. The standard InChI is InChI=1S/C17H18N2O3S/c1-10(2)22-16(20)15-11(3)19-9-14(18-17(19)23-15)12-5-7-13(21-4)8-6-12/h5-10H,1-4H3. The fourth-order valence-electron chi connectivity index (χ4n) is 2.31. The van der Waals surface area contributed by atoms with Crippen LogP contribution >= 0.6 is 11.3 Å². The van der Waals surface area contributed by atoms with E-state index < -0.39 is 0 Å². The van der Waals surface area contributed by atoms with Crippen molar-refractivity contribution in [2.24, 2.45) is 0 Å². The summed E-state index contributed by atoms with van der Waals surface area (Å²) < 4.78 is 12.4. The zero-order chi connectivity index (χ0) is 16.6. The molecule has 0 saturated heterocycles. The van der Waals surface area contributed by atoms with Crippen molar-refractivity contribution >= 4 is 22.3 Å². The molecule has 3 aromatic rings. The van der Waals surface area contributed by atoms with Crippen LogP contribution in [0.5, 0.6) is 5.75 Å². The normalized spacial score (nSPS) is 11.2. The van der Waals surface area contributed by atoms with Gasteiger partial charge in [0.2, 0.25) is 0 Å². The fraction of sp³-hybridized carbons (Fsp3) is 0.294. The second-order valence-corrected chi connectivity index (χ2v) is 6.46. The van der Waals surface area contributed by atoms with Gasteiger partial charge in [0.05, 0.1) is 18.9 Å². The summed E-state index contributed by atoms with van der Waals surface area (Å²) in [4.78, 5) is 18.1. The molecule has 0 spiro atoms. The molecule has 0 bridgehead atoms. The van der Waals surface area contributed by atoms with Crippen LogP contribution in [0.15, 0.2) is 30.5 Å². The Morgan fingerprint density at radius 3 is 2.52 bits per heavy atom. The Morgan fingerprint density at radius 1 is 1.26 bits per heavy atom. The van der Waals surface area contributed by atoms with Crippen molar-refractivity contribution in [1.29, 1.82) is 0 Å². The molecule has 23 heavy (non-hydrogen) atoms. The molecule has 0 radical (unpaired) electrons. The number of esters is 1. The second-order valence-electron chi connectivity index (χ2n) is 5.48. The van der Waals surface area contributed by atoms with Crippen LogP contribution in [0, 0.1) is 6.92 Å². The van der Waals surface area contributed by atoms with E-state index >= 15 is 0 Å². The summed E-state index contributed by atoms with van der Waals surface area (Å²) in [5, 5.41) is 0. The largest absolute Gasteiger partial charge is 0.497 e. The molecule has 2 aromatic heterocycles. The topological polar surface area (TPSA) is 52.8 Å². The van der Waals surface area contributed by atoms with Crippen molar-refractivity contribution in [2.75, 3.05) is 7.11 Å². The Morgan fingerprint density at radius 2 is 1.96 bits per heavy atom. The number of fused-ring (bicyclic) bond motifs is 1. The minimum Gasteiger partial charge on any atom is -0.497 e. The fourth-order valence-corrected chi connectivity index (χ4v) is 3.30. The molecule has 5 nitrogen and oxygen atoms in total. The summed E-state index contributed by atoms with van der Waals surface area (Å²) >= 11 is 1.35. The minimum atomic E-state index is -0.293. The number of aromatic nitrogens is 2. The molecular formula is C17H18N2O3S. The van der Waals surface area contributed by atoms with Crippen molar-refractivity contribution in [3.05, 3.63) is 41.0 Å². The maximum atomic E-state index is 12.1. The summed E-state index contributed by atoms with van der Waals surface area (Å²) in [6, 6.07) is 7.74. The van der Waals surface area contributed by atoms with E-state index in [1.165, 1.54) is 11.3 Å². The molecule has 120 valence electrons. The summed E-state index contributed by atoms with van der Waals surface area (Å²) in [6.07, 6.45) is 1.81. The first-order chi connectivity index (χ1) is 11.0. The third-order valence-corrected chi connectivity index (χ3v) is 4.61. The highest BCUT2D eigenvalue weighted by Crippen LogP contribution is 2.28. The third-order valence-electron chi connectivity index (χ3n) is 3.47. The number of benzene rings is 1. The van der Waals surface area contributed by atoms with Crippen molar-refractivity contribution in [3.63, 3.8) is 0 Å². The first-order valence-corrected chi connectivity index (χ1v) is 8.15. The average Bonchev–Trinajstić information content (AvgIpc) is 3.07. The number of hydrogen-bond acceptors (Lipinski definition) is 5. The monoisotopic (exact) mass is 330 g/mol. The van der Waals surface area contributed by atoms with Crippen LogP contribution in [0.4, 0.5) is 0 Å². The predicted octanol–water partition coefficient (Wildman–Crippen LogP) is 3.95. The van der Waals surface area contributed by atoms with Crippen LogP contribution in [-0.4, -0.2) is 28.6 Å². The number of imidazole rings is 1. The Kier molecular flexibility index (Phi) is 4.09.